The number of methoxy groups -OCH3 is 1. The van der Waals surface area contributed by atoms with Gasteiger partial charge in [0.2, 0.25) is 0 Å². The van der Waals surface area contributed by atoms with Crippen molar-refractivity contribution >= 4 is 51.5 Å². The maximum Gasteiger partial charge on any atom is 0.341 e. The van der Waals surface area contributed by atoms with E-state index >= 15 is 0 Å². The molecular formula is C20H16ClN3O6. The van der Waals surface area contributed by atoms with Gasteiger partial charge in [-0.1, -0.05) is 11.6 Å². The lowest BCUT2D eigenvalue weighted by Crippen LogP contribution is -2.10. The summed E-state index contributed by atoms with van der Waals surface area (Å²) >= 11 is 6.20. The van der Waals surface area contributed by atoms with Crippen LogP contribution in [0.1, 0.15) is 27.6 Å². The van der Waals surface area contributed by atoms with E-state index in [2.05, 4.69) is 10.3 Å². The van der Waals surface area contributed by atoms with Gasteiger partial charge >= 0.3 is 11.9 Å². The molecule has 0 bridgehead atoms. The van der Waals surface area contributed by atoms with E-state index in [0.29, 0.717) is 22.3 Å². The molecular weight excluding hydrogens is 414 g/mol. The fourth-order valence-corrected chi connectivity index (χ4v) is 3.01. The van der Waals surface area contributed by atoms with Gasteiger partial charge < -0.3 is 14.8 Å². The van der Waals surface area contributed by atoms with Crippen LogP contribution in [0.25, 0.3) is 10.9 Å². The third kappa shape index (κ3) is 4.15. The lowest BCUT2D eigenvalue weighted by Gasteiger charge is -2.15. The van der Waals surface area contributed by atoms with Crippen molar-refractivity contribution in [3.63, 3.8) is 0 Å². The second-order valence-corrected chi connectivity index (χ2v) is 6.44. The molecule has 10 heteroatoms. The Kier molecular flexibility index (Phi) is 6.12. The Balaban J connectivity index is 2.20. The summed E-state index contributed by atoms with van der Waals surface area (Å²) in [5.74, 6) is -1.19. The van der Waals surface area contributed by atoms with E-state index in [1.54, 1.807) is 19.1 Å². The van der Waals surface area contributed by atoms with E-state index in [4.69, 9.17) is 21.1 Å². The fraction of sp³-hybridized carbons (Fsp3) is 0.150. The standard InChI is InChI=1S/C20H16ClN3O6/c1-3-30-20(26)14-10-22-16-6-4-11(19(25)29-2)8-13(16)18(14)23-17-7-5-12(24(27)28)9-15(17)21/h4-10H,3H2,1-2H3,(H,22,23). The van der Waals surface area contributed by atoms with E-state index in [-0.39, 0.29) is 28.4 Å². The van der Waals surface area contributed by atoms with Crippen LogP contribution in [0, 0.1) is 10.1 Å². The second-order valence-electron chi connectivity index (χ2n) is 6.04. The Morgan fingerprint density at radius 2 is 1.97 bits per heavy atom. The minimum atomic E-state index is -0.629. The molecule has 3 aromatic rings. The highest BCUT2D eigenvalue weighted by Crippen LogP contribution is 2.34. The maximum absolute atomic E-state index is 12.5. The summed E-state index contributed by atoms with van der Waals surface area (Å²) in [6.45, 7) is 1.82. The van der Waals surface area contributed by atoms with Crippen LogP contribution in [0.15, 0.2) is 42.6 Å². The van der Waals surface area contributed by atoms with Gasteiger partial charge in [-0.25, -0.2) is 9.59 Å². The van der Waals surface area contributed by atoms with Crippen molar-refractivity contribution in [1.82, 2.24) is 4.98 Å². The molecule has 1 heterocycles. The lowest BCUT2D eigenvalue weighted by atomic mass is 10.1. The van der Waals surface area contributed by atoms with Gasteiger partial charge in [0.25, 0.3) is 5.69 Å². The SMILES string of the molecule is CCOC(=O)c1cnc2ccc(C(=O)OC)cc2c1Nc1ccc([N+](=O)[O-])cc1Cl. The summed E-state index contributed by atoms with van der Waals surface area (Å²) in [5, 5.41) is 14.5. The first kappa shape index (κ1) is 21.0. The monoisotopic (exact) mass is 429 g/mol. The lowest BCUT2D eigenvalue weighted by molar-refractivity contribution is -0.384. The van der Waals surface area contributed by atoms with Crippen LogP contribution in [0.3, 0.4) is 0 Å². The summed E-state index contributed by atoms with van der Waals surface area (Å²) in [6, 6.07) is 8.58. The highest BCUT2D eigenvalue weighted by Gasteiger charge is 2.20. The molecule has 1 N–H and O–H groups in total. The number of hydrogen-bond acceptors (Lipinski definition) is 8. The summed E-state index contributed by atoms with van der Waals surface area (Å²) in [7, 11) is 1.26. The predicted octanol–water partition coefficient (Wildman–Crippen LogP) is 4.50. The number of carbonyl (C=O) groups is 2. The fourth-order valence-electron chi connectivity index (χ4n) is 2.79. The number of carbonyl (C=O) groups excluding carboxylic acids is 2. The van der Waals surface area contributed by atoms with Crippen molar-refractivity contribution < 1.29 is 24.0 Å². The number of fused-ring (bicyclic) bond motifs is 1. The van der Waals surface area contributed by atoms with Gasteiger partial charge in [-0.15, -0.1) is 0 Å². The molecule has 0 saturated heterocycles. The van der Waals surface area contributed by atoms with Crippen molar-refractivity contribution in [2.24, 2.45) is 0 Å². The van der Waals surface area contributed by atoms with Crippen molar-refractivity contribution in [2.75, 3.05) is 19.0 Å². The van der Waals surface area contributed by atoms with E-state index in [1.165, 1.54) is 37.6 Å². The molecule has 0 amide bonds. The average molecular weight is 430 g/mol. The molecule has 9 nitrogen and oxygen atoms in total. The quantitative estimate of drug-likeness (QED) is 0.345. The van der Waals surface area contributed by atoms with Gasteiger partial charge in [-0.05, 0) is 31.2 Å². The zero-order valence-corrected chi connectivity index (χ0v) is 16.7. The first-order valence-corrected chi connectivity index (χ1v) is 9.12. The van der Waals surface area contributed by atoms with Gasteiger partial charge in [0.05, 0.1) is 46.1 Å². The summed E-state index contributed by atoms with van der Waals surface area (Å²) in [6.07, 6.45) is 1.35. The number of rotatable bonds is 6. The van der Waals surface area contributed by atoms with Crippen molar-refractivity contribution in [3.05, 3.63) is 68.9 Å². The highest BCUT2D eigenvalue weighted by molar-refractivity contribution is 6.33. The minimum absolute atomic E-state index is 0.0769. The van der Waals surface area contributed by atoms with Crippen LogP contribution in [-0.2, 0) is 9.47 Å². The van der Waals surface area contributed by atoms with Crippen molar-refractivity contribution in [2.45, 2.75) is 6.92 Å². The number of nitro benzene ring substituents is 1. The minimum Gasteiger partial charge on any atom is -0.465 e. The van der Waals surface area contributed by atoms with Crippen molar-refractivity contribution in [3.8, 4) is 0 Å². The zero-order valence-electron chi connectivity index (χ0n) is 16.0. The number of benzene rings is 2. The first-order valence-electron chi connectivity index (χ1n) is 8.74. The smallest absolute Gasteiger partial charge is 0.341 e. The Bertz CT molecular complexity index is 1160. The van der Waals surface area contributed by atoms with E-state index in [1.807, 2.05) is 0 Å². The molecule has 0 radical (unpaired) electrons. The number of hydrogen-bond donors (Lipinski definition) is 1. The second kappa shape index (κ2) is 8.75. The Labute approximate surface area is 175 Å². The van der Waals surface area contributed by atoms with E-state index in [9.17, 15) is 19.7 Å². The number of aromatic nitrogens is 1. The van der Waals surface area contributed by atoms with Gasteiger partial charge in [-0.3, -0.25) is 15.1 Å². The Morgan fingerprint density at radius 3 is 2.60 bits per heavy atom. The molecule has 0 aliphatic heterocycles. The molecule has 0 fully saturated rings. The van der Waals surface area contributed by atoms with Crippen LogP contribution in [0.4, 0.5) is 17.1 Å². The zero-order chi connectivity index (χ0) is 21.8. The number of pyridine rings is 1. The number of non-ortho nitro benzene ring substituents is 1. The normalized spacial score (nSPS) is 10.5. The number of nitro groups is 1. The van der Waals surface area contributed by atoms with Gasteiger partial charge in [0.1, 0.15) is 5.56 Å². The molecule has 0 spiro atoms. The van der Waals surface area contributed by atoms with Crippen LogP contribution >= 0.6 is 11.6 Å². The predicted molar refractivity (Wildman–Crippen MR) is 110 cm³/mol. The largest absolute Gasteiger partial charge is 0.465 e. The third-order valence-corrected chi connectivity index (χ3v) is 4.52. The molecule has 0 atom stereocenters. The highest BCUT2D eigenvalue weighted by atomic mass is 35.5. The van der Waals surface area contributed by atoms with Crippen LogP contribution in [0.5, 0.6) is 0 Å². The Hall–Kier alpha value is -3.72. The molecule has 154 valence electrons. The molecule has 0 aliphatic carbocycles. The average Bonchev–Trinajstić information content (AvgIpc) is 2.74. The van der Waals surface area contributed by atoms with Crippen LogP contribution in [-0.4, -0.2) is 35.6 Å². The van der Waals surface area contributed by atoms with Gasteiger partial charge in [-0.2, -0.15) is 0 Å². The summed E-state index contributed by atoms with van der Waals surface area (Å²) < 4.78 is 9.86. The van der Waals surface area contributed by atoms with Gasteiger partial charge in [0.15, 0.2) is 0 Å². The topological polar surface area (TPSA) is 121 Å². The van der Waals surface area contributed by atoms with E-state index in [0.717, 1.165) is 0 Å². The number of nitrogens with zero attached hydrogens (tertiary/aromatic N) is 2. The first-order chi connectivity index (χ1) is 14.3. The number of ether oxygens (including phenoxy) is 2. The summed E-state index contributed by atoms with van der Waals surface area (Å²) in [4.78, 5) is 39.1. The third-order valence-electron chi connectivity index (χ3n) is 4.21. The maximum atomic E-state index is 12.5. The molecule has 1 aromatic heterocycles. The molecule has 0 unspecified atom stereocenters. The van der Waals surface area contributed by atoms with E-state index < -0.39 is 16.9 Å². The molecule has 30 heavy (non-hydrogen) atoms. The van der Waals surface area contributed by atoms with Crippen LogP contribution < -0.4 is 5.32 Å². The van der Waals surface area contributed by atoms with Gasteiger partial charge in [0, 0.05) is 23.7 Å². The number of nitrogens with one attached hydrogen (secondary N) is 1. The molecule has 3 rings (SSSR count). The van der Waals surface area contributed by atoms with Crippen LogP contribution in [0.2, 0.25) is 5.02 Å². The molecule has 2 aromatic carbocycles. The molecule has 0 aliphatic rings. The number of anilines is 2. The number of halogens is 1. The van der Waals surface area contributed by atoms with Crippen molar-refractivity contribution in [1.29, 1.82) is 0 Å². The Morgan fingerprint density at radius 1 is 1.20 bits per heavy atom. The molecule has 0 saturated carbocycles. The summed E-state index contributed by atoms with van der Waals surface area (Å²) in [5.41, 5.74) is 1.30. The number of esters is 2.